The number of para-hydroxylation sites is 1. The number of nitrogens with one attached hydrogen (secondary N) is 2. The predicted octanol–water partition coefficient (Wildman–Crippen LogP) is 3.85. The van der Waals surface area contributed by atoms with Crippen LogP contribution in [-0.2, 0) is 6.42 Å². The van der Waals surface area contributed by atoms with Crippen LogP contribution >= 0.6 is 11.6 Å². The van der Waals surface area contributed by atoms with Crippen molar-refractivity contribution in [1.82, 2.24) is 15.5 Å². The van der Waals surface area contributed by atoms with Crippen molar-refractivity contribution in [1.29, 1.82) is 0 Å². The van der Waals surface area contributed by atoms with E-state index in [2.05, 4.69) is 20.8 Å². The first-order valence-electron chi connectivity index (χ1n) is 8.42. The highest BCUT2D eigenvalue weighted by atomic mass is 35.5. The predicted molar refractivity (Wildman–Crippen MR) is 106 cm³/mol. The Kier molecular flexibility index (Phi) is 6.22. The highest BCUT2D eigenvalue weighted by Gasteiger charge is 2.08. The summed E-state index contributed by atoms with van der Waals surface area (Å²) in [6.45, 7) is 0.493. The molecule has 0 fully saturated rings. The molecule has 0 aliphatic rings. The minimum absolute atomic E-state index is 0.255. The number of carbonyl (C=O) groups excluding carboxylic acids is 1. The van der Waals surface area contributed by atoms with E-state index in [-0.39, 0.29) is 11.6 Å². The highest BCUT2D eigenvalue weighted by Crippen LogP contribution is 2.23. The number of methoxy groups -OCH3 is 1. The van der Waals surface area contributed by atoms with Crippen molar-refractivity contribution in [2.24, 2.45) is 0 Å². The molecule has 138 valence electrons. The summed E-state index contributed by atoms with van der Waals surface area (Å²) in [7, 11) is 1.63. The van der Waals surface area contributed by atoms with Gasteiger partial charge in [0.1, 0.15) is 5.75 Å². The minimum atomic E-state index is -0.269. The molecule has 0 aliphatic carbocycles. The lowest BCUT2D eigenvalue weighted by Gasteiger charge is -2.08. The molecule has 1 aromatic heterocycles. The fourth-order valence-corrected chi connectivity index (χ4v) is 2.64. The van der Waals surface area contributed by atoms with Gasteiger partial charge in [0.15, 0.2) is 11.5 Å². The molecule has 0 atom stereocenters. The number of rotatable bonds is 7. The number of aromatic nitrogens is 2. The molecule has 0 saturated carbocycles. The van der Waals surface area contributed by atoms with Gasteiger partial charge in [0.25, 0.3) is 5.91 Å². The first kappa shape index (κ1) is 18.7. The number of hydrogen-bond acceptors (Lipinski definition) is 5. The molecule has 2 N–H and O–H groups in total. The van der Waals surface area contributed by atoms with Crippen LogP contribution in [-0.4, -0.2) is 29.8 Å². The number of hydrogen-bond donors (Lipinski definition) is 2. The Morgan fingerprint density at radius 1 is 1.07 bits per heavy atom. The van der Waals surface area contributed by atoms with Gasteiger partial charge in [0.2, 0.25) is 0 Å². The quantitative estimate of drug-likeness (QED) is 0.649. The number of halogens is 1. The summed E-state index contributed by atoms with van der Waals surface area (Å²) in [4.78, 5) is 12.2. The van der Waals surface area contributed by atoms with Gasteiger partial charge < -0.3 is 15.4 Å². The van der Waals surface area contributed by atoms with Gasteiger partial charge in [-0.1, -0.05) is 35.9 Å². The van der Waals surface area contributed by atoms with Crippen molar-refractivity contribution in [2.45, 2.75) is 6.42 Å². The number of amides is 1. The van der Waals surface area contributed by atoms with Crippen LogP contribution in [0.25, 0.3) is 0 Å². The first-order valence-corrected chi connectivity index (χ1v) is 8.80. The Bertz CT molecular complexity index is 916. The van der Waals surface area contributed by atoms with Crippen LogP contribution in [0.1, 0.15) is 16.1 Å². The van der Waals surface area contributed by atoms with Gasteiger partial charge in [-0.25, -0.2) is 0 Å². The molecule has 0 saturated heterocycles. The van der Waals surface area contributed by atoms with E-state index in [4.69, 9.17) is 16.3 Å². The molecule has 0 unspecified atom stereocenters. The van der Waals surface area contributed by atoms with Crippen molar-refractivity contribution in [3.05, 3.63) is 76.9 Å². The Morgan fingerprint density at radius 3 is 2.67 bits per heavy atom. The van der Waals surface area contributed by atoms with Crippen molar-refractivity contribution in [2.75, 3.05) is 19.0 Å². The molecule has 27 heavy (non-hydrogen) atoms. The van der Waals surface area contributed by atoms with Gasteiger partial charge in [0.05, 0.1) is 17.8 Å². The van der Waals surface area contributed by atoms with Crippen molar-refractivity contribution in [3.8, 4) is 5.75 Å². The van der Waals surface area contributed by atoms with Gasteiger partial charge in [-0.15, -0.1) is 10.2 Å². The van der Waals surface area contributed by atoms with Gasteiger partial charge in [0, 0.05) is 6.54 Å². The summed E-state index contributed by atoms with van der Waals surface area (Å²) < 4.78 is 5.19. The van der Waals surface area contributed by atoms with Gasteiger partial charge in [-0.3, -0.25) is 4.79 Å². The lowest BCUT2D eigenvalue weighted by molar-refractivity contribution is 0.0948. The Labute approximate surface area is 162 Å². The summed E-state index contributed by atoms with van der Waals surface area (Å²) in [5.41, 5.74) is 2.06. The smallest absolute Gasteiger partial charge is 0.271 e. The molecular weight excluding hydrogens is 364 g/mol. The minimum Gasteiger partial charge on any atom is -0.497 e. The molecule has 3 rings (SSSR count). The maximum absolute atomic E-state index is 12.2. The number of ether oxygens (including phenoxy) is 1. The zero-order valence-electron chi connectivity index (χ0n) is 14.8. The zero-order valence-corrected chi connectivity index (χ0v) is 15.5. The van der Waals surface area contributed by atoms with E-state index in [1.54, 1.807) is 25.3 Å². The average molecular weight is 383 g/mol. The molecule has 1 heterocycles. The SMILES string of the molecule is COc1cccc(CCNC(=O)c2ccc(Nc3ccccc3Cl)nn2)c1. The topological polar surface area (TPSA) is 76.1 Å². The van der Waals surface area contributed by atoms with E-state index in [1.807, 2.05) is 42.5 Å². The van der Waals surface area contributed by atoms with Crippen LogP contribution in [0.3, 0.4) is 0 Å². The van der Waals surface area contributed by atoms with Crippen LogP contribution in [0.5, 0.6) is 5.75 Å². The van der Waals surface area contributed by atoms with Crippen LogP contribution < -0.4 is 15.4 Å². The summed E-state index contributed by atoms with van der Waals surface area (Å²) in [5.74, 6) is 1.04. The summed E-state index contributed by atoms with van der Waals surface area (Å²) in [5, 5.41) is 14.5. The molecule has 0 spiro atoms. The largest absolute Gasteiger partial charge is 0.497 e. The van der Waals surface area contributed by atoms with Crippen LogP contribution in [0.15, 0.2) is 60.7 Å². The van der Waals surface area contributed by atoms with Crippen LogP contribution in [0, 0.1) is 0 Å². The number of nitrogens with zero attached hydrogens (tertiary/aromatic N) is 2. The van der Waals surface area contributed by atoms with Crippen LogP contribution in [0.4, 0.5) is 11.5 Å². The standard InChI is InChI=1S/C20H19ClN4O2/c1-27-15-6-4-5-14(13-15)11-12-22-20(26)18-9-10-19(25-24-18)23-17-8-3-2-7-16(17)21/h2-10,13H,11-12H2,1H3,(H,22,26)(H,23,25). The molecular formula is C20H19ClN4O2. The fraction of sp³-hybridized carbons (Fsp3) is 0.150. The van der Waals surface area contributed by atoms with E-state index in [9.17, 15) is 4.79 Å². The van der Waals surface area contributed by atoms with Crippen molar-refractivity contribution >= 4 is 29.0 Å². The third kappa shape index (κ3) is 5.18. The normalized spacial score (nSPS) is 10.3. The molecule has 1 amide bonds. The number of carbonyl (C=O) groups is 1. The lowest BCUT2D eigenvalue weighted by Crippen LogP contribution is -2.26. The van der Waals surface area contributed by atoms with Crippen molar-refractivity contribution in [3.63, 3.8) is 0 Å². The Balaban J connectivity index is 1.53. The third-order valence-electron chi connectivity index (χ3n) is 3.87. The second kappa shape index (κ2) is 9.00. The Hall–Kier alpha value is -3.12. The molecule has 3 aromatic rings. The second-order valence-electron chi connectivity index (χ2n) is 5.77. The van der Waals surface area contributed by atoms with Gasteiger partial charge in [-0.2, -0.15) is 0 Å². The fourth-order valence-electron chi connectivity index (χ4n) is 2.46. The third-order valence-corrected chi connectivity index (χ3v) is 4.20. The molecule has 0 aliphatic heterocycles. The van der Waals surface area contributed by atoms with Gasteiger partial charge in [-0.05, 0) is 48.4 Å². The first-order chi connectivity index (χ1) is 13.2. The second-order valence-corrected chi connectivity index (χ2v) is 6.17. The molecule has 0 bridgehead atoms. The highest BCUT2D eigenvalue weighted by molar-refractivity contribution is 6.33. The average Bonchev–Trinajstić information content (AvgIpc) is 2.70. The van der Waals surface area contributed by atoms with E-state index in [1.165, 1.54) is 0 Å². The van der Waals surface area contributed by atoms with Crippen molar-refractivity contribution < 1.29 is 9.53 Å². The van der Waals surface area contributed by atoms with E-state index < -0.39 is 0 Å². The molecule has 6 nitrogen and oxygen atoms in total. The van der Waals surface area contributed by atoms with Gasteiger partial charge >= 0.3 is 0 Å². The summed E-state index contributed by atoms with van der Waals surface area (Å²) in [6, 6.07) is 18.4. The zero-order chi connectivity index (χ0) is 19.1. The monoisotopic (exact) mass is 382 g/mol. The molecule has 7 heteroatoms. The van der Waals surface area contributed by atoms with E-state index in [0.29, 0.717) is 23.8 Å². The number of anilines is 2. The molecule has 2 aromatic carbocycles. The summed E-state index contributed by atoms with van der Waals surface area (Å²) >= 11 is 6.10. The Morgan fingerprint density at radius 2 is 1.93 bits per heavy atom. The lowest BCUT2D eigenvalue weighted by atomic mass is 10.1. The van der Waals surface area contributed by atoms with Crippen LogP contribution in [0.2, 0.25) is 5.02 Å². The maximum Gasteiger partial charge on any atom is 0.271 e. The summed E-state index contributed by atoms with van der Waals surface area (Å²) in [6.07, 6.45) is 0.697. The van der Waals surface area contributed by atoms with E-state index >= 15 is 0 Å². The maximum atomic E-state index is 12.2. The molecule has 0 radical (unpaired) electrons. The number of benzene rings is 2. The van der Waals surface area contributed by atoms with E-state index in [0.717, 1.165) is 17.0 Å².